The Morgan fingerprint density at radius 2 is 2.26 bits per heavy atom. The number of piperidine rings is 1. The second-order valence-corrected chi connectivity index (χ2v) is 5.45. The maximum atomic E-state index is 5.84. The highest BCUT2D eigenvalue weighted by molar-refractivity contribution is 5.88. The second kappa shape index (κ2) is 4.09. The van der Waals surface area contributed by atoms with Gasteiger partial charge in [0.05, 0.1) is 5.39 Å². The van der Waals surface area contributed by atoms with Gasteiger partial charge in [-0.3, -0.25) is 0 Å². The Labute approximate surface area is 111 Å². The van der Waals surface area contributed by atoms with Gasteiger partial charge in [0.2, 0.25) is 5.95 Å². The number of nitrogen functional groups attached to an aromatic ring is 1. The molecule has 6 heteroatoms. The largest absolute Gasteiger partial charge is 0.368 e. The number of hydrogen-bond acceptors (Lipinski definition) is 5. The van der Waals surface area contributed by atoms with Gasteiger partial charge in [0.15, 0.2) is 0 Å². The zero-order chi connectivity index (χ0) is 12.8. The van der Waals surface area contributed by atoms with Crippen LogP contribution in [0, 0.1) is 5.92 Å². The van der Waals surface area contributed by atoms with E-state index in [1.165, 1.54) is 12.8 Å². The maximum Gasteiger partial charge on any atom is 0.223 e. The van der Waals surface area contributed by atoms with E-state index in [4.69, 9.17) is 5.73 Å². The molecule has 0 bridgehead atoms. The predicted molar refractivity (Wildman–Crippen MR) is 75.0 cm³/mol. The molecule has 4 N–H and O–H groups in total. The van der Waals surface area contributed by atoms with Gasteiger partial charge in [-0.15, -0.1) is 0 Å². The first-order valence-electron chi connectivity index (χ1n) is 6.91. The summed E-state index contributed by atoms with van der Waals surface area (Å²) in [5.74, 6) is 2.11. The minimum atomic E-state index is 0.345. The van der Waals surface area contributed by atoms with Crippen molar-refractivity contribution >= 4 is 22.8 Å². The van der Waals surface area contributed by atoms with Crippen LogP contribution in [-0.4, -0.2) is 40.6 Å². The minimum Gasteiger partial charge on any atom is -0.368 e. The van der Waals surface area contributed by atoms with E-state index < -0.39 is 0 Å². The highest BCUT2D eigenvalue weighted by Crippen LogP contribution is 2.35. The molecule has 2 aliphatic heterocycles. The monoisotopic (exact) mass is 258 g/mol. The summed E-state index contributed by atoms with van der Waals surface area (Å²) >= 11 is 0. The number of nitrogens with zero attached hydrogens (tertiary/aromatic N) is 3. The number of aromatic nitrogens is 3. The summed E-state index contributed by atoms with van der Waals surface area (Å²) in [6, 6.07) is 2.58. The molecule has 2 aromatic rings. The fraction of sp³-hybridized carbons (Fsp3) is 0.538. The van der Waals surface area contributed by atoms with Crippen molar-refractivity contribution in [1.29, 1.82) is 0 Å². The Morgan fingerprint density at radius 3 is 3.21 bits per heavy atom. The number of fused-ring (bicyclic) bond motifs is 2. The van der Waals surface area contributed by atoms with Crippen molar-refractivity contribution in [2.45, 2.75) is 18.9 Å². The zero-order valence-electron chi connectivity index (χ0n) is 10.8. The molecule has 0 aliphatic carbocycles. The summed E-state index contributed by atoms with van der Waals surface area (Å²) in [6.45, 7) is 3.24. The minimum absolute atomic E-state index is 0.345. The lowest BCUT2D eigenvalue weighted by Gasteiger charge is -2.33. The van der Waals surface area contributed by atoms with Crippen LogP contribution in [0.4, 0.5) is 11.8 Å². The molecule has 0 spiro atoms. The van der Waals surface area contributed by atoms with Crippen LogP contribution in [0.15, 0.2) is 12.3 Å². The topological polar surface area (TPSA) is 82.9 Å². The number of aromatic amines is 1. The zero-order valence-corrected chi connectivity index (χ0v) is 10.8. The van der Waals surface area contributed by atoms with E-state index in [2.05, 4.69) is 25.2 Å². The van der Waals surface area contributed by atoms with Gasteiger partial charge < -0.3 is 20.9 Å². The summed E-state index contributed by atoms with van der Waals surface area (Å²) in [6.07, 6.45) is 4.41. The highest BCUT2D eigenvalue weighted by atomic mass is 15.3. The van der Waals surface area contributed by atoms with Crippen molar-refractivity contribution in [3.05, 3.63) is 12.3 Å². The lowest BCUT2D eigenvalue weighted by molar-refractivity contribution is 0.358. The lowest BCUT2D eigenvalue weighted by Crippen LogP contribution is -2.46. The van der Waals surface area contributed by atoms with Crippen molar-refractivity contribution in [1.82, 2.24) is 20.3 Å². The van der Waals surface area contributed by atoms with Gasteiger partial charge in [0, 0.05) is 25.3 Å². The van der Waals surface area contributed by atoms with Crippen LogP contribution in [-0.2, 0) is 0 Å². The van der Waals surface area contributed by atoms with Crippen molar-refractivity contribution in [2.75, 3.05) is 30.3 Å². The summed E-state index contributed by atoms with van der Waals surface area (Å²) in [4.78, 5) is 14.3. The van der Waals surface area contributed by atoms with E-state index in [1.807, 2.05) is 12.3 Å². The molecule has 4 heterocycles. The van der Waals surface area contributed by atoms with Gasteiger partial charge >= 0.3 is 0 Å². The Kier molecular flexibility index (Phi) is 2.38. The Bertz CT molecular complexity index is 606. The first-order valence-corrected chi connectivity index (χ1v) is 6.91. The number of H-pyrrole nitrogens is 1. The second-order valence-electron chi connectivity index (χ2n) is 5.45. The van der Waals surface area contributed by atoms with E-state index in [0.717, 1.165) is 42.4 Å². The van der Waals surface area contributed by atoms with Crippen molar-refractivity contribution in [2.24, 2.45) is 5.92 Å². The number of nitrogens with one attached hydrogen (secondary N) is 2. The third-order valence-electron chi connectivity index (χ3n) is 4.42. The van der Waals surface area contributed by atoms with E-state index in [0.29, 0.717) is 12.0 Å². The molecule has 4 rings (SSSR count). The molecule has 19 heavy (non-hydrogen) atoms. The van der Waals surface area contributed by atoms with Crippen LogP contribution in [0.3, 0.4) is 0 Å². The standard InChI is InChI=1S/C13H18N6/c14-13-17-11-9(2-5-16-11)12(18-13)19-6-3-8-1-4-15-7-10(8)19/h2,5,8,10,15H,1,3-4,6-7H2,(H3,14,16,17,18)/t8-,10-/m1/s1. The molecule has 2 aromatic heterocycles. The SMILES string of the molecule is Nc1nc(N2CC[C@H]3CCNC[C@H]32)c2cc[nH]c2n1. The maximum absolute atomic E-state index is 5.84. The number of anilines is 2. The summed E-state index contributed by atoms with van der Waals surface area (Å²) in [5.41, 5.74) is 6.66. The first kappa shape index (κ1) is 11.0. The first-order chi connectivity index (χ1) is 9.33. The summed E-state index contributed by atoms with van der Waals surface area (Å²) in [7, 11) is 0. The van der Waals surface area contributed by atoms with Crippen LogP contribution in [0.25, 0.3) is 11.0 Å². The Balaban J connectivity index is 1.79. The molecule has 2 saturated heterocycles. The normalized spacial score (nSPS) is 26.8. The van der Waals surface area contributed by atoms with Crippen LogP contribution >= 0.6 is 0 Å². The number of nitrogens with two attached hydrogens (primary N) is 1. The number of rotatable bonds is 1. The van der Waals surface area contributed by atoms with Crippen LogP contribution in [0.2, 0.25) is 0 Å². The third-order valence-corrected chi connectivity index (χ3v) is 4.42. The van der Waals surface area contributed by atoms with Crippen LogP contribution < -0.4 is 16.0 Å². The fourth-order valence-electron chi connectivity index (χ4n) is 3.49. The molecule has 2 aliphatic rings. The molecule has 0 radical (unpaired) electrons. The van der Waals surface area contributed by atoms with E-state index in [-0.39, 0.29) is 0 Å². The van der Waals surface area contributed by atoms with Gasteiger partial charge in [0.1, 0.15) is 11.5 Å². The molecule has 0 unspecified atom stereocenters. The average molecular weight is 258 g/mol. The molecule has 0 amide bonds. The van der Waals surface area contributed by atoms with Crippen LogP contribution in [0.5, 0.6) is 0 Å². The Morgan fingerprint density at radius 1 is 1.32 bits per heavy atom. The molecule has 0 aromatic carbocycles. The van der Waals surface area contributed by atoms with Gasteiger partial charge in [-0.25, -0.2) is 0 Å². The molecular formula is C13H18N6. The summed E-state index contributed by atoms with van der Waals surface area (Å²) < 4.78 is 0. The van der Waals surface area contributed by atoms with E-state index >= 15 is 0 Å². The molecule has 100 valence electrons. The molecule has 0 saturated carbocycles. The predicted octanol–water partition coefficient (Wildman–Crippen LogP) is 0.728. The van der Waals surface area contributed by atoms with Crippen molar-refractivity contribution in [3.8, 4) is 0 Å². The number of hydrogen-bond donors (Lipinski definition) is 3. The molecule has 2 fully saturated rings. The highest BCUT2D eigenvalue weighted by Gasteiger charge is 2.37. The Hall–Kier alpha value is -1.82. The van der Waals surface area contributed by atoms with E-state index in [9.17, 15) is 0 Å². The summed E-state index contributed by atoms with van der Waals surface area (Å²) in [5, 5.41) is 4.56. The van der Waals surface area contributed by atoms with Gasteiger partial charge in [-0.05, 0) is 31.4 Å². The third kappa shape index (κ3) is 1.67. The molecule has 6 nitrogen and oxygen atoms in total. The quantitative estimate of drug-likeness (QED) is 0.702. The molecule has 2 atom stereocenters. The van der Waals surface area contributed by atoms with Gasteiger partial charge in [-0.2, -0.15) is 9.97 Å². The smallest absolute Gasteiger partial charge is 0.223 e. The van der Waals surface area contributed by atoms with E-state index in [1.54, 1.807) is 0 Å². The average Bonchev–Trinajstić information content (AvgIpc) is 3.03. The van der Waals surface area contributed by atoms with Crippen molar-refractivity contribution in [3.63, 3.8) is 0 Å². The van der Waals surface area contributed by atoms with Crippen LogP contribution in [0.1, 0.15) is 12.8 Å². The molecular weight excluding hydrogens is 240 g/mol. The van der Waals surface area contributed by atoms with Gasteiger partial charge in [-0.1, -0.05) is 0 Å². The lowest BCUT2D eigenvalue weighted by atomic mass is 9.93. The van der Waals surface area contributed by atoms with Crippen molar-refractivity contribution < 1.29 is 0 Å². The fourth-order valence-corrected chi connectivity index (χ4v) is 3.49. The van der Waals surface area contributed by atoms with Gasteiger partial charge in [0.25, 0.3) is 0 Å².